The minimum atomic E-state index is -0.436. The standard InChI is InChI=1S/C18H18FN3O2/c19-15-6-2-1-5-14(15)12-21-17(23)16-11-13(7-8-20-16)18(24)22-9-3-4-10-22/h1-2,5-8,11H,3-4,9-10,12H2,(H,21,23). The first-order valence-corrected chi connectivity index (χ1v) is 7.92. The van der Waals surface area contributed by atoms with Gasteiger partial charge in [-0.05, 0) is 31.0 Å². The first kappa shape index (κ1) is 16.1. The van der Waals surface area contributed by atoms with E-state index >= 15 is 0 Å². The van der Waals surface area contributed by atoms with Crippen LogP contribution in [-0.2, 0) is 6.54 Å². The van der Waals surface area contributed by atoms with Gasteiger partial charge in [0.05, 0.1) is 0 Å². The zero-order valence-corrected chi connectivity index (χ0v) is 13.2. The third-order valence-electron chi connectivity index (χ3n) is 4.03. The largest absolute Gasteiger partial charge is 0.347 e. The fourth-order valence-corrected chi connectivity index (χ4v) is 2.70. The summed E-state index contributed by atoms with van der Waals surface area (Å²) in [6.45, 7) is 1.56. The van der Waals surface area contributed by atoms with Crippen molar-refractivity contribution in [1.29, 1.82) is 0 Å². The van der Waals surface area contributed by atoms with Crippen LogP contribution in [0.2, 0.25) is 0 Å². The van der Waals surface area contributed by atoms with E-state index in [0.717, 1.165) is 25.9 Å². The molecule has 1 saturated heterocycles. The van der Waals surface area contributed by atoms with Gasteiger partial charge < -0.3 is 10.2 Å². The molecule has 0 atom stereocenters. The van der Waals surface area contributed by atoms with E-state index in [1.54, 1.807) is 29.2 Å². The molecule has 1 aromatic carbocycles. The van der Waals surface area contributed by atoms with Crippen molar-refractivity contribution < 1.29 is 14.0 Å². The first-order chi connectivity index (χ1) is 11.6. The van der Waals surface area contributed by atoms with E-state index in [1.165, 1.54) is 18.3 Å². The van der Waals surface area contributed by atoms with Gasteiger partial charge in [0.25, 0.3) is 11.8 Å². The van der Waals surface area contributed by atoms with E-state index in [2.05, 4.69) is 10.3 Å². The SMILES string of the molecule is O=C(NCc1ccccc1F)c1cc(C(=O)N2CCCC2)ccn1. The van der Waals surface area contributed by atoms with Crippen molar-refractivity contribution in [3.05, 3.63) is 65.2 Å². The number of amides is 2. The molecule has 2 aromatic rings. The third kappa shape index (κ3) is 3.59. The Bertz CT molecular complexity index is 757. The van der Waals surface area contributed by atoms with Crippen molar-refractivity contribution in [2.75, 3.05) is 13.1 Å². The van der Waals surface area contributed by atoms with E-state index in [4.69, 9.17) is 0 Å². The predicted octanol–water partition coefficient (Wildman–Crippen LogP) is 2.39. The van der Waals surface area contributed by atoms with E-state index in [1.807, 2.05) is 0 Å². The number of aromatic nitrogens is 1. The van der Waals surface area contributed by atoms with Crippen molar-refractivity contribution in [2.45, 2.75) is 19.4 Å². The molecule has 0 radical (unpaired) electrons. The van der Waals surface area contributed by atoms with Crippen LogP contribution in [0, 0.1) is 5.82 Å². The molecule has 1 aromatic heterocycles. The zero-order chi connectivity index (χ0) is 16.9. The second-order valence-corrected chi connectivity index (χ2v) is 5.70. The molecule has 5 nitrogen and oxygen atoms in total. The monoisotopic (exact) mass is 327 g/mol. The van der Waals surface area contributed by atoms with Gasteiger partial charge in [0, 0.05) is 37.0 Å². The summed E-state index contributed by atoms with van der Waals surface area (Å²) >= 11 is 0. The van der Waals surface area contributed by atoms with Crippen molar-refractivity contribution >= 4 is 11.8 Å². The van der Waals surface area contributed by atoms with Gasteiger partial charge in [0.2, 0.25) is 0 Å². The van der Waals surface area contributed by atoms with Crippen LogP contribution in [0.3, 0.4) is 0 Å². The number of benzene rings is 1. The normalized spacial score (nSPS) is 13.8. The molecule has 1 N–H and O–H groups in total. The van der Waals surface area contributed by atoms with E-state index in [0.29, 0.717) is 11.1 Å². The Hall–Kier alpha value is -2.76. The average molecular weight is 327 g/mol. The van der Waals surface area contributed by atoms with Crippen LogP contribution in [0.4, 0.5) is 4.39 Å². The van der Waals surface area contributed by atoms with Crippen molar-refractivity contribution in [3.8, 4) is 0 Å². The number of nitrogens with one attached hydrogen (secondary N) is 1. The lowest BCUT2D eigenvalue weighted by Crippen LogP contribution is -2.29. The van der Waals surface area contributed by atoms with Crippen LogP contribution in [0.25, 0.3) is 0 Å². The molecule has 1 aliphatic rings. The van der Waals surface area contributed by atoms with Crippen LogP contribution in [0.15, 0.2) is 42.6 Å². The van der Waals surface area contributed by atoms with E-state index in [9.17, 15) is 14.0 Å². The van der Waals surface area contributed by atoms with Crippen molar-refractivity contribution in [2.24, 2.45) is 0 Å². The van der Waals surface area contributed by atoms with Crippen LogP contribution in [-0.4, -0.2) is 34.8 Å². The van der Waals surface area contributed by atoms with Gasteiger partial charge in [-0.3, -0.25) is 14.6 Å². The Morgan fingerprint density at radius 3 is 2.67 bits per heavy atom. The highest BCUT2D eigenvalue weighted by atomic mass is 19.1. The molecule has 3 rings (SSSR count). The number of likely N-dealkylation sites (tertiary alicyclic amines) is 1. The summed E-state index contributed by atoms with van der Waals surface area (Å²) in [5.41, 5.74) is 0.995. The summed E-state index contributed by atoms with van der Waals surface area (Å²) in [7, 11) is 0. The number of nitrogens with zero attached hydrogens (tertiary/aromatic N) is 2. The number of pyridine rings is 1. The molecule has 2 heterocycles. The van der Waals surface area contributed by atoms with Gasteiger partial charge in [-0.25, -0.2) is 4.39 Å². The van der Waals surface area contributed by atoms with Gasteiger partial charge in [0.15, 0.2) is 0 Å². The van der Waals surface area contributed by atoms with E-state index < -0.39 is 5.91 Å². The second-order valence-electron chi connectivity index (χ2n) is 5.70. The molecule has 124 valence electrons. The molecule has 0 unspecified atom stereocenters. The molecule has 2 amide bonds. The highest BCUT2D eigenvalue weighted by Crippen LogP contribution is 2.13. The van der Waals surface area contributed by atoms with Gasteiger partial charge >= 0.3 is 0 Å². The van der Waals surface area contributed by atoms with Crippen LogP contribution >= 0.6 is 0 Å². The molecule has 24 heavy (non-hydrogen) atoms. The number of carbonyl (C=O) groups excluding carboxylic acids is 2. The minimum absolute atomic E-state index is 0.0670. The molecule has 1 fully saturated rings. The number of halogens is 1. The molecule has 0 aliphatic carbocycles. The fourth-order valence-electron chi connectivity index (χ4n) is 2.70. The summed E-state index contributed by atoms with van der Waals surface area (Å²) in [4.78, 5) is 30.3. The fraction of sp³-hybridized carbons (Fsp3) is 0.278. The topological polar surface area (TPSA) is 62.3 Å². The molecule has 1 aliphatic heterocycles. The summed E-state index contributed by atoms with van der Waals surface area (Å²) in [6, 6.07) is 9.34. The predicted molar refractivity (Wildman–Crippen MR) is 86.9 cm³/mol. The average Bonchev–Trinajstić information content (AvgIpc) is 3.15. The van der Waals surface area contributed by atoms with E-state index in [-0.39, 0.29) is 24.0 Å². The highest BCUT2D eigenvalue weighted by molar-refractivity contribution is 5.98. The third-order valence-corrected chi connectivity index (χ3v) is 4.03. The van der Waals surface area contributed by atoms with Gasteiger partial charge in [-0.15, -0.1) is 0 Å². The molecule has 0 spiro atoms. The van der Waals surface area contributed by atoms with Gasteiger partial charge in [0.1, 0.15) is 11.5 Å². The maximum absolute atomic E-state index is 13.6. The summed E-state index contributed by atoms with van der Waals surface area (Å²) in [5, 5.41) is 2.63. The molecular formula is C18H18FN3O2. The second kappa shape index (κ2) is 7.21. The molecule has 6 heteroatoms. The molecule has 0 saturated carbocycles. The molecule has 0 bridgehead atoms. The lowest BCUT2D eigenvalue weighted by atomic mass is 10.2. The quantitative estimate of drug-likeness (QED) is 0.938. The summed E-state index contributed by atoms with van der Waals surface area (Å²) in [6.07, 6.45) is 3.46. The Labute approximate surface area is 139 Å². The smallest absolute Gasteiger partial charge is 0.270 e. The Morgan fingerprint density at radius 1 is 1.17 bits per heavy atom. The number of carbonyl (C=O) groups is 2. The van der Waals surface area contributed by atoms with Crippen LogP contribution < -0.4 is 5.32 Å². The molecular weight excluding hydrogens is 309 g/mol. The maximum Gasteiger partial charge on any atom is 0.270 e. The van der Waals surface area contributed by atoms with Gasteiger partial charge in [-0.1, -0.05) is 18.2 Å². The lowest BCUT2D eigenvalue weighted by Gasteiger charge is -2.15. The van der Waals surface area contributed by atoms with Crippen molar-refractivity contribution in [1.82, 2.24) is 15.2 Å². The van der Waals surface area contributed by atoms with Crippen molar-refractivity contribution in [3.63, 3.8) is 0 Å². The van der Waals surface area contributed by atoms with Crippen LogP contribution in [0.5, 0.6) is 0 Å². The number of hydrogen-bond donors (Lipinski definition) is 1. The first-order valence-electron chi connectivity index (χ1n) is 7.92. The highest BCUT2D eigenvalue weighted by Gasteiger charge is 2.20. The number of rotatable bonds is 4. The Morgan fingerprint density at radius 2 is 1.92 bits per heavy atom. The summed E-state index contributed by atoms with van der Waals surface area (Å²) < 4.78 is 13.6. The Balaban J connectivity index is 1.68. The lowest BCUT2D eigenvalue weighted by molar-refractivity contribution is 0.0792. The minimum Gasteiger partial charge on any atom is -0.347 e. The zero-order valence-electron chi connectivity index (χ0n) is 13.2. The number of hydrogen-bond acceptors (Lipinski definition) is 3. The summed E-state index contributed by atoms with van der Waals surface area (Å²) in [5.74, 6) is -0.893. The Kier molecular flexibility index (Phi) is 4.84. The van der Waals surface area contributed by atoms with Gasteiger partial charge in [-0.2, -0.15) is 0 Å². The van der Waals surface area contributed by atoms with Crippen LogP contribution in [0.1, 0.15) is 39.3 Å². The maximum atomic E-state index is 13.6.